The van der Waals surface area contributed by atoms with Crippen LogP contribution in [-0.2, 0) is 17.7 Å². The molecule has 224 valence electrons. The molecule has 43 heavy (non-hydrogen) atoms. The predicted molar refractivity (Wildman–Crippen MR) is 157 cm³/mol. The number of ether oxygens (including phenoxy) is 2. The summed E-state index contributed by atoms with van der Waals surface area (Å²) in [5.74, 6) is -1.31. The minimum Gasteiger partial charge on any atom is -0.490 e. The van der Waals surface area contributed by atoms with Gasteiger partial charge in [-0.3, -0.25) is 9.78 Å². The van der Waals surface area contributed by atoms with Crippen molar-refractivity contribution in [2.24, 2.45) is 0 Å². The highest BCUT2D eigenvalue weighted by atomic mass is 19.1. The number of hydrogen-bond donors (Lipinski definition) is 2. The first-order valence-electron chi connectivity index (χ1n) is 14.1. The standard InChI is InChI=1S/C31H32FN5O6/c1-3-5-14-43-29-25(31(41)42-4-2)30(40)36(17-22(39)18-38)28-26(29)33-16-20(15-19-10-12-21(32)13-11-19)27(28)37-24-9-7-6-8-23(24)34-35-37/h6-13,16,22,38-39H,3-5,14-15,17-18H2,1-2H3/t22-/m0/s1. The van der Waals surface area contributed by atoms with Crippen LogP contribution in [0.25, 0.3) is 27.8 Å². The van der Waals surface area contributed by atoms with Gasteiger partial charge in [-0.25, -0.2) is 13.9 Å². The van der Waals surface area contributed by atoms with Crippen LogP contribution in [0.1, 0.15) is 48.2 Å². The molecule has 5 aromatic rings. The van der Waals surface area contributed by atoms with Crippen LogP contribution in [0.2, 0.25) is 0 Å². The fourth-order valence-electron chi connectivity index (χ4n) is 4.91. The molecule has 2 N–H and O–H groups in total. The van der Waals surface area contributed by atoms with Crippen LogP contribution < -0.4 is 10.3 Å². The van der Waals surface area contributed by atoms with Crippen LogP contribution >= 0.6 is 0 Å². The third kappa shape index (κ3) is 5.97. The van der Waals surface area contributed by atoms with E-state index in [1.54, 1.807) is 36.0 Å². The molecule has 0 radical (unpaired) electrons. The molecular weight excluding hydrogens is 557 g/mol. The Morgan fingerprint density at radius 1 is 1.12 bits per heavy atom. The van der Waals surface area contributed by atoms with Crippen LogP contribution in [0, 0.1) is 5.82 Å². The number of esters is 1. The van der Waals surface area contributed by atoms with Crippen molar-refractivity contribution in [2.45, 2.75) is 45.8 Å². The van der Waals surface area contributed by atoms with Crippen molar-refractivity contribution in [3.63, 3.8) is 0 Å². The van der Waals surface area contributed by atoms with Gasteiger partial charge in [0.25, 0.3) is 5.56 Å². The lowest BCUT2D eigenvalue weighted by molar-refractivity contribution is 0.0516. The number of aromatic nitrogens is 5. The molecule has 11 nitrogen and oxygen atoms in total. The van der Waals surface area contributed by atoms with Crippen LogP contribution in [0.5, 0.6) is 5.75 Å². The molecule has 0 unspecified atom stereocenters. The van der Waals surface area contributed by atoms with Crippen LogP contribution in [0.3, 0.4) is 0 Å². The van der Waals surface area contributed by atoms with E-state index in [1.807, 2.05) is 25.1 Å². The third-order valence-corrected chi connectivity index (χ3v) is 6.97. The number of benzene rings is 2. The summed E-state index contributed by atoms with van der Waals surface area (Å²) in [7, 11) is 0. The van der Waals surface area contributed by atoms with Crippen molar-refractivity contribution in [3.05, 3.63) is 87.6 Å². The minimum absolute atomic E-state index is 0.0181. The Kier molecular flexibility index (Phi) is 9.07. The molecule has 12 heteroatoms. The molecule has 5 rings (SSSR count). The number of carbonyl (C=O) groups excluding carboxylic acids is 1. The number of nitrogens with zero attached hydrogens (tertiary/aromatic N) is 5. The van der Waals surface area contributed by atoms with Crippen LogP contribution in [0.15, 0.2) is 59.5 Å². The zero-order valence-electron chi connectivity index (χ0n) is 23.9. The quantitative estimate of drug-likeness (QED) is 0.165. The minimum atomic E-state index is -1.34. The number of hydrogen-bond acceptors (Lipinski definition) is 9. The smallest absolute Gasteiger partial charge is 0.347 e. The third-order valence-electron chi connectivity index (χ3n) is 6.97. The van der Waals surface area contributed by atoms with E-state index in [2.05, 4.69) is 10.3 Å². The van der Waals surface area contributed by atoms with E-state index < -0.39 is 24.2 Å². The maximum absolute atomic E-state index is 14.2. The van der Waals surface area contributed by atoms with E-state index in [0.717, 1.165) is 12.0 Å². The first-order valence-corrected chi connectivity index (χ1v) is 14.1. The van der Waals surface area contributed by atoms with Crippen LogP contribution in [0.4, 0.5) is 4.39 Å². The van der Waals surface area contributed by atoms with Crippen molar-refractivity contribution in [1.29, 1.82) is 0 Å². The van der Waals surface area contributed by atoms with Gasteiger partial charge in [0.05, 0.1) is 43.7 Å². The molecule has 0 aliphatic carbocycles. The van der Waals surface area contributed by atoms with E-state index in [1.165, 1.54) is 16.7 Å². The Hall–Kier alpha value is -4.68. The molecule has 0 saturated carbocycles. The fourth-order valence-corrected chi connectivity index (χ4v) is 4.91. The van der Waals surface area contributed by atoms with Crippen molar-refractivity contribution < 1.29 is 28.9 Å². The van der Waals surface area contributed by atoms with Gasteiger partial charge in [0.1, 0.15) is 22.4 Å². The summed E-state index contributed by atoms with van der Waals surface area (Å²) in [6.45, 7) is 2.83. The molecule has 3 aromatic heterocycles. The normalized spacial score (nSPS) is 12.1. The number of aliphatic hydroxyl groups excluding tert-OH is 2. The lowest BCUT2D eigenvalue weighted by atomic mass is 10.0. The Labute approximate surface area is 246 Å². The molecule has 0 fully saturated rings. The van der Waals surface area contributed by atoms with Gasteiger partial charge in [0.15, 0.2) is 11.3 Å². The maximum Gasteiger partial charge on any atom is 0.347 e. The summed E-state index contributed by atoms with van der Waals surface area (Å²) in [6, 6.07) is 13.3. The number of halogens is 1. The predicted octanol–water partition coefficient (Wildman–Crippen LogP) is 3.57. The SMILES string of the molecule is CCCCOc1c(C(=O)OCC)c(=O)n(C[C@H](O)CO)c2c(-n3nnc4ccccc43)c(Cc3ccc(F)cc3)cnc12. The Balaban J connectivity index is 1.92. The number of carbonyl (C=O) groups is 1. The van der Waals surface area contributed by atoms with Crippen molar-refractivity contribution in [3.8, 4) is 11.4 Å². The molecule has 0 bridgehead atoms. The average Bonchev–Trinajstić information content (AvgIpc) is 3.43. The monoisotopic (exact) mass is 589 g/mol. The fraction of sp³-hybridized carbons (Fsp3) is 0.323. The van der Waals surface area contributed by atoms with E-state index in [4.69, 9.17) is 14.5 Å². The molecule has 1 atom stereocenters. The summed E-state index contributed by atoms with van der Waals surface area (Å²) >= 11 is 0. The topological polar surface area (TPSA) is 142 Å². The summed E-state index contributed by atoms with van der Waals surface area (Å²) in [5.41, 5.74) is 2.23. The Bertz CT molecular complexity index is 1820. The summed E-state index contributed by atoms with van der Waals surface area (Å²) in [4.78, 5) is 32.0. The van der Waals surface area contributed by atoms with E-state index in [-0.39, 0.29) is 54.3 Å². The Morgan fingerprint density at radius 3 is 2.60 bits per heavy atom. The highest BCUT2D eigenvalue weighted by molar-refractivity contribution is 6.01. The van der Waals surface area contributed by atoms with Gasteiger partial charge < -0.3 is 24.3 Å². The van der Waals surface area contributed by atoms with Gasteiger partial charge in [-0.1, -0.05) is 42.8 Å². The van der Waals surface area contributed by atoms with Gasteiger partial charge in [-0.2, -0.15) is 0 Å². The molecule has 0 aliphatic rings. The van der Waals surface area contributed by atoms with E-state index >= 15 is 0 Å². The summed E-state index contributed by atoms with van der Waals surface area (Å²) < 4.78 is 27.8. The number of rotatable bonds is 12. The van der Waals surface area contributed by atoms with E-state index in [0.29, 0.717) is 28.7 Å². The van der Waals surface area contributed by atoms with Gasteiger partial charge >= 0.3 is 5.97 Å². The number of aliphatic hydroxyl groups is 2. The van der Waals surface area contributed by atoms with Gasteiger partial charge in [-0.05, 0) is 43.2 Å². The van der Waals surface area contributed by atoms with E-state index in [9.17, 15) is 24.2 Å². The largest absolute Gasteiger partial charge is 0.490 e. The summed E-state index contributed by atoms with van der Waals surface area (Å²) in [5, 5.41) is 29.0. The first kappa shape index (κ1) is 29.8. The highest BCUT2D eigenvalue weighted by Gasteiger charge is 2.30. The molecule has 0 aliphatic heterocycles. The second-order valence-corrected chi connectivity index (χ2v) is 10.0. The molecule has 0 saturated heterocycles. The first-order chi connectivity index (χ1) is 20.9. The second kappa shape index (κ2) is 13.1. The van der Waals surface area contributed by atoms with Crippen LogP contribution in [-0.4, -0.2) is 66.7 Å². The molecule has 3 heterocycles. The number of pyridine rings is 2. The molecular formula is C31H32FN5O6. The zero-order valence-corrected chi connectivity index (χ0v) is 23.9. The molecule has 0 spiro atoms. The van der Waals surface area contributed by atoms with Gasteiger partial charge in [0, 0.05) is 18.2 Å². The van der Waals surface area contributed by atoms with Crippen molar-refractivity contribution in [2.75, 3.05) is 19.8 Å². The zero-order chi connectivity index (χ0) is 30.5. The Morgan fingerprint density at radius 2 is 1.88 bits per heavy atom. The van der Waals surface area contributed by atoms with Gasteiger partial charge in [0.2, 0.25) is 0 Å². The lowest BCUT2D eigenvalue weighted by Gasteiger charge is -2.22. The molecule has 2 aromatic carbocycles. The second-order valence-electron chi connectivity index (χ2n) is 10.0. The maximum atomic E-state index is 14.2. The van der Waals surface area contributed by atoms with Crippen molar-refractivity contribution >= 4 is 28.0 Å². The summed E-state index contributed by atoms with van der Waals surface area (Å²) in [6.07, 6.45) is 1.98. The number of unbranched alkanes of at least 4 members (excludes halogenated alkanes) is 1. The lowest BCUT2D eigenvalue weighted by Crippen LogP contribution is -2.34. The highest BCUT2D eigenvalue weighted by Crippen LogP contribution is 2.34. The number of para-hydroxylation sites is 1. The average molecular weight is 590 g/mol. The molecule has 0 amide bonds. The van der Waals surface area contributed by atoms with Gasteiger partial charge in [-0.15, -0.1) is 5.10 Å². The number of fused-ring (bicyclic) bond motifs is 2. The van der Waals surface area contributed by atoms with Crippen molar-refractivity contribution in [1.82, 2.24) is 24.5 Å².